The van der Waals surface area contributed by atoms with Crippen LogP contribution >= 0.6 is 0 Å². The number of ether oxygens (including phenoxy) is 2. The van der Waals surface area contributed by atoms with Crippen LogP contribution in [0.4, 0.5) is 0 Å². The quantitative estimate of drug-likeness (QED) is 0.644. The number of quaternary nitrogens is 2. The minimum absolute atomic E-state index is 0.239. The molecule has 1 aromatic rings. The smallest absolute Gasteiger partial charge is 0.275 e. The molecular weight excluding hydrogens is 342 g/mol. The molecule has 0 spiro atoms. The van der Waals surface area contributed by atoms with Crippen LogP contribution in [0.3, 0.4) is 0 Å². The fourth-order valence-corrected chi connectivity index (χ4v) is 4.67. The lowest BCUT2D eigenvalue weighted by Crippen LogP contribution is -3.28. The second-order valence-corrected chi connectivity index (χ2v) is 8.48. The number of hydrogen-bond donors (Lipinski definition) is 3. The van der Waals surface area contributed by atoms with Crippen LogP contribution in [-0.4, -0.2) is 51.5 Å². The third kappa shape index (κ3) is 4.74. The van der Waals surface area contributed by atoms with Crippen molar-refractivity contribution < 1.29 is 24.1 Å². The fraction of sp³-hybridized carbons (Fsp3) is 0.667. The van der Waals surface area contributed by atoms with Crippen LogP contribution in [-0.2, 0) is 11.3 Å². The zero-order chi connectivity index (χ0) is 18.6. The van der Waals surface area contributed by atoms with Crippen LogP contribution in [0.25, 0.3) is 0 Å². The van der Waals surface area contributed by atoms with E-state index in [-0.39, 0.29) is 5.91 Å². The Balaban J connectivity index is 1.20. The lowest BCUT2D eigenvalue weighted by Gasteiger charge is -2.32. The van der Waals surface area contributed by atoms with Gasteiger partial charge in [-0.25, -0.2) is 0 Å². The number of benzene rings is 1. The van der Waals surface area contributed by atoms with Gasteiger partial charge in [0, 0.05) is 11.6 Å². The zero-order valence-electron chi connectivity index (χ0n) is 16.4. The second kappa shape index (κ2) is 8.48. The van der Waals surface area contributed by atoms with E-state index in [9.17, 15) is 4.79 Å². The van der Waals surface area contributed by atoms with Gasteiger partial charge in [-0.2, -0.15) is 0 Å². The molecule has 2 fully saturated rings. The minimum atomic E-state index is 0.239. The Kier molecular flexibility index (Phi) is 5.83. The summed E-state index contributed by atoms with van der Waals surface area (Å²) in [6, 6.07) is 6.64. The van der Waals surface area contributed by atoms with Crippen LogP contribution < -0.4 is 24.6 Å². The van der Waals surface area contributed by atoms with Crippen LogP contribution in [0.15, 0.2) is 18.2 Å². The summed E-state index contributed by atoms with van der Waals surface area (Å²) < 4.78 is 10.9. The normalized spacial score (nSPS) is 30.1. The SMILES string of the molecule is C[C@H]1CCCC[C@@H]1NC(=O)C[NH+]1CC[NH+](Cc2ccc3c(c2)OCO3)CC1. The van der Waals surface area contributed by atoms with E-state index < -0.39 is 0 Å². The number of fused-ring (bicyclic) bond motifs is 1. The Hall–Kier alpha value is -1.79. The van der Waals surface area contributed by atoms with Gasteiger partial charge in [0.15, 0.2) is 18.0 Å². The van der Waals surface area contributed by atoms with Crippen molar-refractivity contribution in [2.45, 2.75) is 45.2 Å². The molecule has 2 heterocycles. The number of amides is 1. The van der Waals surface area contributed by atoms with Gasteiger partial charge >= 0.3 is 0 Å². The number of hydrogen-bond acceptors (Lipinski definition) is 3. The van der Waals surface area contributed by atoms with Gasteiger partial charge in [0.2, 0.25) is 6.79 Å². The average Bonchev–Trinajstić information content (AvgIpc) is 3.13. The predicted molar refractivity (Wildman–Crippen MR) is 102 cm³/mol. The average molecular weight is 376 g/mol. The van der Waals surface area contributed by atoms with Gasteiger partial charge in [0.1, 0.15) is 32.7 Å². The molecule has 1 amide bonds. The molecule has 1 saturated heterocycles. The molecule has 4 rings (SSSR count). The lowest BCUT2D eigenvalue weighted by molar-refractivity contribution is -1.02. The highest BCUT2D eigenvalue weighted by atomic mass is 16.7. The van der Waals surface area contributed by atoms with Gasteiger partial charge in [-0.15, -0.1) is 0 Å². The molecule has 0 unspecified atom stereocenters. The highest BCUT2D eigenvalue weighted by molar-refractivity contribution is 5.77. The molecule has 1 saturated carbocycles. The van der Waals surface area contributed by atoms with Gasteiger partial charge in [0.05, 0.1) is 0 Å². The number of nitrogens with one attached hydrogen (secondary N) is 3. The highest BCUT2D eigenvalue weighted by Gasteiger charge is 2.28. The number of piperazine rings is 1. The Morgan fingerprint density at radius 2 is 1.81 bits per heavy atom. The maximum absolute atomic E-state index is 12.4. The van der Waals surface area contributed by atoms with Crippen molar-refractivity contribution in [1.29, 1.82) is 0 Å². The van der Waals surface area contributed by atoms with Gasteiger partial charge in [-0.1, -0.05) is 19.8 Å². The standard InChI is InChI=1S/C21H31N3O3/c1-16-4-2-3-5-18(16)22-21(25)14-24-10-8-23(9-11-24)13-17-6-7-19-20(12-17)27-15-26-19/h6-7,12,16,18H,2-5,8-11,13-15H2,1H3,(H,22,25)/p+2/t16-,18-/m0/s1. The van der Waals surface area contributed by atoms with Crippen LogP contribution in [0, 0.1) is 5.92 Å². The molecule has 1 aliphatic carbocycles. The summed E-state index contributed by atoms with van der Waals surface area (Å²) in [6.07, 6.45) is 4.96. The number of rotatable bonds is 5. The molecule has 0 bridgehead atoms. The maximum atomic E-state index is 12.4. The molecule has 6 nitrogen and oxygen atoms in total. The van der Waals surface area contributed by atoms with E-state index in [0.717, 1.165) is 50.6 Å². The van der Waals surface area contributed by atoms with Gasteiger partial charge in [-0.3, -0.25) is 4.79 Å². The van der Waals surface area contributed by atoms with E-state index in [1.165, 1.54) is 29.7 Å². The van der Waals surface area contributed by atoms with E-state index in [0.29, 0.717) is 25.3 Å². The van der Waals surface area contributed by atoms with Gasteiger partial charge < -0.3 is 24.6 Å². The number of carbonyl (C=O) groups excluding carboxylic acids is 1. The van der Waals surface area contributed by atoms with Gasteiger partial charge in [0.25, 0.3) is 5.91 Å². The third-order valence-electron chi connectivity index (χ3n) is 6.42. The van der Waals surface area contributed by atoms with Crippen LogP contribution in [0.5, 0.6) is 11.5 Å². The molecular formula is C21H33N3O3+2. The first-order valence-electron chi connectivity index (χ1n) is 10.5. The van der Waals surface area contributed by atoms with Crippen LogP contribution in [0.1, 0.15) is 38.2 Å². The Labute approximate surface area is 161 Å². The minimum Gasteiger partial charge on any atom is -0.454 e. The second-order valence-electron chi connectivity index (χ2n) is 8.48. The van der Waals surface area contributed by atoms with E-state index in [1.807, 2.05) is 6.07 Å². The molecule has 148 valence electrons. The molecule has 6 heteroatoms. The maximum Gasteiger partial charge on any atom is 0.275 e. The van der Waals surface area contributed by atoms with E-state index in [4.69, 9.17) is 9.47 Å². The monoisotopic (exact) mass is 375 g/mol. The Morgan fingerprint density at radius 1 is 1.07 bits per heavy atom. The molecule has 3 N–H and O–H groups in total. The van der Waals surface area contributed by atoms with Crippen molar-refractivity contribution in [2.24, 2.45) is 5.92 Å². The lowest BCUT2D eigenvalue weighted by atomic mass is 9.86. The summed E-state index contributed by atoms with van der Waals surface area (Å²) in [5.74, 6) is 2.58. The number of carbonyl (C=O) groups is 1. The summed E-state index contributed by atoms with van der Waals surface area (Å²) in [6.45, 7) is 8.58. The third-order valence-corrected chi connectivity index (χ3v) is 6.42. The van der Waals surface area contributed by atoms with Crippen molar-refractivity contribution in [3.05, 3.63) is 23.8 Å². The predicted octanol–water partition coefficient (Wildman–Crippen LogP) is -0.606. The van der Waals surface area contributed by atoms with Crippen molar-refractivity contribution in [3.8, 4) is 11.5 Å². The Bertz CT molecular complexity index is 658. The van der Waals surface area contributed by atoms with Crippen molar-refractivity contribution in [2.75, 3.05) is 39.5 Å². The summed E-state index contributed by atoms with van der Waals surface area (Å²) >= 11 is 0. The first-order chi connectivity index (χ1) is 13.2. The molecule has 0 radical (unpaired) electrons. The molecule has 27 heavy (non-hydrogen) atoms. The summed E-state index contributed by atoms with van der Waals surface area (Å²) in [5, 5.41) is 3.30. The largest absolute Gasteiger partial charge is 0.454 e. The summed E-state index contributed by atoms with van der Waals surface area (Å²) in [4.78, 5) is 15.4. The van der Waals surface area contributed by atoms with E-state index in [2.05, 4.69) is 24.4 Å². The fourth-order valence-electron chi connectivity index (χ4n) is 4.67. The van der Waals surface area contributed by atoms with E-state index in [1.54, 1.807) is 4.90 Å². The molecule has 2 aliphatic heterocycles. The van der Waals surface area contributed by atoms with Crippen LogP contribution in [0.2, 0.25) is 0 Å². The topological polar surface area (TPSA) is 56.4 Å². The molecule has 2 atom stereocenters. The van der Waals surface area contributed by atoms with Crippen molar-refractivity contribution in [1.82, 2.24) is 5.32 Å². The Morgan fingerprint density at radius 3 is 2.63 bits per heavy atom. The van der Waals surface area contributed by atoms with Crippen molar-refractivity contribution >= 4 is 5.91 Å². The highest BCUT2D eigenvalue weighted by Crippen LogP contribution is 2.32. The molecule has 1 aromatic carbocycles. The van der Waals surface area contributed by atoms with Crippen molar-refractivity contribution in [3.63, 3.8) is 0 Å². The first-order valence-corrected chi connectivity index (χ1v) is 10.5. The molecule has 0 aromatic heterocycles. The van der Waals surface area contributed by atoms with E-state index >= 15 is 0 Å². The first kappa shape index (κ1) is 18.6. The summed E-state index contributed by atoms with van der Waals surface area (Å²) in [7, 11) is 0. The summed E-state index contributed by atoms with van der Waals surface area (Å²) in [5.41, 5.74) is 1.29. The molecule has 3 aliphatic rings. The zero-order valence-corrected chi connectivity index (χ0v) is 16.4. The van der Waals surface area contributed by atoms with Gasteiger partial charge in [-0.05, 0) is 37.0 Å².